The zero-order valence-electron chi connectivity index (χ0n) is 14.3. The van der Waals surface area contributed by atoms with Gasteiger partial charge in [0, 0.05) is 39.3 Å². The molecular formula is C16H26N4O3S. The molecule has 0 aromatic heterocycles. The van der Waals surface area contributed by atoms with Crippen molar-refractivity contribution in [1.29, 1.82) is 0 Å². The first-order valence-electron chi connectivity index (χ1n) is 8.25. The second-order valence-corrected chi connectivity index (χ2v) is 7.67. The summed E-state index contributed by atoms with van der Waals surface area (Å²) in [6.45, 7) is 6.22. The molecule has 1 heterocycles. The van der Waals surface area contributed by atoms with E-state index in [1.165, 1.54) is 8.61 Å². The minimum atomic E-state index is -3.43. The van der Waals surface area contributed by atoms with Crippen molar-refractivity contribution in [3.05, 3.63) is 35.9 Å². The number of nitrogens with zero attached hydrogens (tertiary/aromatic N) is 3. The number of hydrogen-bond donors (Lipinski definition) is 1. The fraction of sp³-hybridized carbons (Fsp3) is 0.562. The first-order chi connectivity index (χ1) is 11.4. The Labute approximate surface area is 144 Å². The number of carbonyl (C=O) groups is 1. The average Bonchev–Trinajstić information content (AvgIpc) is 2.57. The highest BCUT2D eigenvalue weighted by atomic mass is 32.2. The highest BCUT2D eigenvalue weighted by Gasteiger charge is 2.34. The summed E-state index contributed by atoms with van der Waals surface area (Å²) in [5.74, 6) is -0.416. The Bertz CT molecular complexity index is 639. The van der Waals surface area contributed by atoms with Gasteiger partial charge in [-0.3, -0.25) is 9.69 Å². The number of carbonyl (C=O) groups excluding carboxylic acids is 1. The van der Waals surface area contributed by atoms with Crippen LogP contribution in [0.15, 0.2) is 30.3 Å². The van der Waals surface area contributed by atoms with Crippen LogP contribution in [0.5, 0.6) is 0 Å². The van der Waals surface area contributed by atoms with E-state index in [1.54, 1.807) is 0 Å². The Morgan fingerprint density at radius 3 is 2.12 bits per heavy atom. The molecule has 1 atom stereocenters. The Balaban J connectivity index is 2.10. The monoisotopic (exact) mass is 354 g/mol. The normalized spacial score (nSPS) is 18.6. The summed E-state index contributed by atoms with van der Waals surface area (Å²) in [5, 5.41) is 0. The maximum Gasteiger partial charge on any atom is 0.282 e. The number of primary amides is 1. The van der Waals surface area contributed by atoms with Crippen molar-refractivity contribution in [3.63, 3.8) is 0 Å². The van der Waals surface area contributed by atoms with Crippen molar-refractivity contribution in [2.24, 2.45) is 5.73 Å². The third-order valence-electron chi connectivity index (χ3n) is 4.38. The Kier molecular flexibility index (Phi) is 6.34. The second-order valence-electron chi connectivity index (χ2n) is 5.74. The summed E-state index contributed by atoms with van der Waals surface area (Å²) in [4.78, 5) is 13.9. The summed E-state index contributed by atoms with van der Waals surface area (Å²) in [6.07, 6.45) is 0. The minimum absolute atomic E-state index is 0.357. The lowest BCUT2D eigenvalue weighted by molar-refractivity contribution is -0.124. The second kappa shape index (κ2) is 8.06. The van der Waals surface area contributed by atoms with Crippen LogP contribution in [0.2, 0.25) is 0 Å². The summed E-state index contributed by atoms with van der Waals surface area (Å²) in [7, 11) is -3.43. The molecule has 2 rings (SSSR count). The van der Waals surface area contributed by atoms with Crippen molar-refractivity contribution in [3.8, 4) is 0 Å². The van der Waals surface area contributed by atoms with Gasteiger partial charge in [-0.15, -0.1) is 0 Å². The molecule has 0 radical (unpaired) electrons. The third-order valence-corrected chi connectivity index (χ3v) is 6.57. The van der Waals surface area contributed by atoms with Crippen LogP contribution in [0.3, 0.4) is 0 Å². The molecule has 24 heavy (non-hydrogen) atoms. The predicted molar refractivity (Wildman–Crippen MR) is 93.4 cm³/mol. The largest absolute Gasteiger partial charge is 0.368 e. The minimum Gasteiger partial charge on any atom is -0.368 e. The SMILES string of the molecule is CCN(CC)S(=O)(=O)N1CCN([C@@H](C(N)=O)c2ccccc2)CC1. The highest BCUT2D eigenvalue weighted by molar-refractivity contribution is 7.86. The van der Waals surface area contributed by atoms with Crippen molar-refractivity contribution in [1.82, 2.24) is 13.5 Å². The lowest BCUT2D eigenvalue weighted by Crippen LogP contribution is -2.54. The van der Waals surface area contributed by atoms with Gasteiger partial charge in [-0.25, -0.2) is 0 Å². The number of hydrogen-bond acceptors (Lipinski definition) is 4. The summed E-state index contributed by atoms with van der Waals surface area (Å²) >= 11 is 0. The van der Waals surface area contributed by atoms with Crippen LogP contribution in [-0.2, 0) is 15.0 Å². The molecule has 1 aliphatic heterocycles. The van der Waals surface area contributed by atoms with E-state index in [-0.39, 0.29) is 0 Å². The number of piperazine rings is 1. The fourth-order valence-electron chi connectivity index (χ4n) is 3.10. The predicted octanol–water partition coefficient (Wildman–Crippen LogP) is 0.417. The van der Waals surface area contributed by atoms with Crippen molar-refractivity contribution < 1.29 is 13.2 Å². The molecule has 1 aromatic carbocycles. The van der Waals surface area contributed by atoms with Crippen LogP contribution < -0.4 is 5.73 Å². The fourth-order valence-corrected chi connectivity index (χ4v) is 4.70. The number of rotatable bonds is 7. The Hall–Kier alpha value is -1.48. The molecule has 134 valence electrons. The first-order valence-corrected chi connectivity index (χ1v) is 9.65. The van der Waals surface area contributed by atoms with Gasteiger partial charge in [0.15, 0.2) is 0 Å². The molecule has 2 N–H and O–H groups in total. The van der Waals surface area contributed by atoms with E-state index in [1.807, 2.05) is 49.1 Å². The molecule has 1 amide bonds. The van der Waals surface area contributed by atoms with E-state index in [2.05, 4.69) is 0 Å². The molecule has 8 heteroatoms. The van der Waals surface area contributed by atoms with E-state index >= 15 is 0 Å². The molecule has 1 saturated heterocycles. The molecular weight excluding hydrogens is 328 g/mol. The highest BCUT2D eigenvalue weighted by Crippen LogP contribution is 2.23. The topological polar surface area (TPSA) is 87.0 Å². The zero-order chi connectivity index (χ0) is 17.7. The molecule has 1 aromatic rings. The van der Waals surface area contributed by atoms with Crippen molar-refractivity contribution in [2.45, 2.75) is 19.9 Å². The summed E-state index contributed by atoms with van der Waals surface area (Å²) < 4.78 is 28.1. The number of benzene rings is 1. The van der Waals surface area contributed by atoms with Crippen LogP contribution >= 0.6 is 0 Å². The van der Waals surface area contributed by atoms with E-state index in [4.69, 9.17) is 5.73 Å². The first kappa shape index (κ1) is 18.9. The molecule has 1 aliphatic rings. The van der Waals surface area contributed by atoms with Gasteiger partial charge < -0.3 is 5.73 Å². The van der Waals surface area contributed by atoms with Crippen LogP contribution in [0, 0.1) is 0 Å². The average molecular weight is 354 g/mol. The van der Waals surface area contributed by atoms with Gasteiger partial charge in [0.25, 0.3) is 10.2 Å². The number of nitrogens with two attached hydrogens (primary N) is 1. The van der Waals surface area contributed by atoms with Gasteiger partial charge in [0.2, 0.25) is 5.91 Å². The van der Waals surface area contributed by atoms with Crippen LogP contribution in [0.25, 0.3) is 0 Å². The zero-order valence-corrected chi connectivity index (χ0v) is 15.1. The lowest BCUT2D eigenvalue weighted by atomic mass is 10.0. The van der Waals surface area contributed by atoms with Gasteiger partial charge in [0.05, 0.1) is 0 Å². The van der Waals surface area contributed by atoms with Gasteiger partial charge in [-0.2, -0.15) is 17.0 Å². The van der Waals surface area contributed by atoms with Gasteiger partial charge in [0.1, 0.15) is 6.04 Å². The van der Waals surface area contributed by atoms with E-state index in [0.717, 1.165) is 5.56 Å². The van der Waals surface area contributed by atoms with Crippen LogP contribution in [0.4, 0.5) is 0 Å². The molecule has 0 aliphatic carbocycles. The maximum absolute atomic E-state index is 12.6. The molecule has 0 saturated carbocycles. The van der Waals surface area contributed by atoms with E-state index in [0.29, 0.717) is 39.3 Å². The van der Waals surface area contributed by atoms with Gasteiger partial charge in [-0.1, -0.05) is 44.2 Å². The van der Waals surface area contributed by atoms with Crippen LogP contribution in [0.1, 0.15) is 25.5 Å². The molecule has 0 spiro atoms. The lowest BCUT2D eigenvalue weighted by Gasteiger charge is -2.39. The molecule has 1 fully saturated rings. The smallest absolute Gasteiger partial charge is 0.282 e. The van der Waals surface area contributed by atoms with E-state index < -0.39 is 22.2 Å². The Morgan fingerprint density at radius 2 is 1.67 bits per heavy atom. The van der Waals surface area contributed by atoms with Crippen molar-refractivity contribution in [2.75, 3.05) is 39.3 Å². The molecule has 0 bridgehead atoms. The van der Waals surface area contributed by atoms with Crippen molar-refractivity contribution >= 4 is 16.1 Å². The number of amides is 1. The van der Waals surface area contributed by atoms with Crippen LogP contribution in [-0.4, -0.2) is 67.1 Å². The summed E-state index contributed by atoms with van der Waals surface area (Å²) in [5.41, 5.74) is 6.43. The molecule has 7 nitrogen and oxygen atoms in total. The third kappa shape index (κ3) is 3.94. The van der Waals surface area contributed by atoms with E-state index in [9.17, 15) is 13.2 Å². The molecule has 0 unspecified atom stereocenters. The summed E-state index contributed by atoms with van der Waals surface area (Å²) in [6, 6.07) is 8.84. The van der Waals surface area contributed by atoms with Gasteiger partial charge in [-0.05, 0) is 5.56 Å². The quantitative estimate of drug-likeness (QED) is 0.769. The maximum atomic E-state index is 12.6. The standard InChI is InChI=1S/C16H26N4O3S/c1-3-19(4-2)24(22,23)20-12-10-18(11-13-20)15(16(17)21)14-8-6-5-7-9-14/h5-9,15H,3-4,10-13H2,1-2H3,(H2,17,21)/t15-/m1/s1. The van der Waals surface area contributed by atoms with Gasteiger partial charge >= 0.3 is 0 Å². The Morgan fingerprint density at radius 1 is 1.12 bits per heavy atom.